The molecule has 2 aliphatic rings. The van der Waals surface area contributed by atoms with Gasteiger partial charge in [0.1, 0.15) is 23.3 Å². The fourth-order valence-corrected chi connectivity index (χ4v) is 4.26. The number of rotatable bonds is 8. The Bertz CT molecular complexity index is 990. The van der Waals surface area contributed by atoms with E-state index in [1.165, 1.54) is 11.2 Å². The number of aliphatic hydroxyl groups excluding tert-OH is 1. The fraction of sp³-hybridized carbons (Fsp3) is 0.440. The second-order valence-electron chi connectivity index (χ2n) is 8.51. The van der Waals surface area contributed by atoms with Gasteiger partial charge in [0.05, 0.1) is 31.2 Å². The fourth-order valence-electron chi connectivity index (χ4n) is 4.26. The van der Waals surface area contributed by atoms with E-state index in [2.05, 4.69) is 4.90 Å². The second kappa shape index (κ2) is 10.2. The molecule has 0 bridgehead atoms. The Labute approximate surface area is 193 Å². The Morgan fingerprint density at radius 2 is 1.85 bits per heavy atom. The Morgan fingerprint density at radius 3 is 2.48 bits per heavy atom. The molecule has 2 fully saturated rings. The zero-order chi connectivity index (χ0) is 23.4. The Balaban J connectivity index is 1.59. The molecule has 176 valence electrons. The Hall–Kier alpha value is -3.10. The third-order valence-electron chi connectivity index (χ3n) is 5.83. The summed E-state index contributed by atoms with van der Waals surface area (Å²) in [6, 6.07) is 9.48. The lowest BCUT2D eigenvalue weighted by Crippen LogP contribution is -2.38. The van der Waals surface area contributed by atoms with Gasteiger partial charge in [-0.15, -0.1) is 0 Å². The Morgan fingerprint density at radius 1 is 1.12 bits per heavy atom. The van der Waals surface area contributed by atoms with Crippen molar-refractivity contribution in [1.29, 1.82) is 0 Å². The van der Waals surface area contributed by atoms with Crippen LogP contribution in [0, 0.1) is 0 Å². The molecule has 0 unspecified atom stereocenters. The Kier molecular flexibility index (Phi) is 7.15. The van der Waals surface area contributed by atoms with Crippen molar-refractivity contribution in [3.63, 3.8) is 0 Å². The van der Waals surface area contributed by atoms with Gasteiger partial charge in [-0.2, -0.15) is 0 Å². The van der Waals surface area contributed by atoms with E-state index in [1.807, 2.05) is 13.8 Å². The van der Waals surface area contributed by atoms with Crippen LogP contribution in [0.15, 0.2) is 52.7 Å². The summed E-state index contributed by atoms with van der Waals surface area (Å²) in [6.07, 6.45) is 2.22. The lowest BCUT2D eigenvalue weighted by atomic mass is 9.99. The van der Waals surface area contributed by atoms with E-state index in [0.717, 1.165) is 19.6 Å². The number of morpholine rings is 1. The van der Waals surface area contributed by atoms with E-state index in [0.29, 0.717) is 43.3 Å². The summed E-state index contributed by atoms with van der Waals surface area (Å²) >= 11 is 0. The van der Waals surface area contributed by atoms with Crippen LogP contribution in [0.3, 0.4) is 0 Å². The summed E-state index contributed by atoms with van der Waals surface area (Å²) in [5, 5.41) is 11.1. The number of ketones is 1. The molecule has 8 nitrogen and oxygen atoms in total. The maximum atomic E-state index is 13.0. The molecule has 2 aromatic rings. The molecule has 1 atom stereocenters. The number of amides is 1. The molecule has 1 amide bonds. The molecule has 1 aromatic heterocycles. The monoisotopic (exact) mass is 454 g/mol. The van der Waals surface area contributed by atoms with Crippen molar-refractivity contribution in [2.45, 2.75) is 32.4 Å². The SMILES string of the molecule is CC(C)Oc1ccc(/C(O)=C2\C(=O)C(=O)N(CCCN3CCOCC3)[C@H]2c2ccco2)cc1. The summed E-state index contributed by atoms with van der Waals surface area (Å²) < 4.78 is 16.6. The number of likely N-dealkylation sites (tertiary alicyclic amines) is 1. The van der Waals surface area contributed by atoms with Crippen LogP contribution < -0.4 is 4.74 Å². The molecule has 2 saturated heterocycles. The minimum Gasteiger partial charge on any atom is -0.507 e. The lowest BCUT2D eigenvalue weighted by Gasteiger charge is -2.28. The van der Waals surface area contributed by atoms with Crippen LogP contribution >= 0.6 is 0 Å². The van der Waals surface area contributed by atoms with Crippen LogP contribution in [0.25, 0.3) is 5.76 Å². The van der Waals surface area contributed by atoms with Crippen LogP contribution in [-0.2, 0) is 14.3 Å². The largest absolute Gasteiger partial charge is 0.507 e. The smallest absolute Gasteiger partial charge is 0.295 e. The predicted octanol–water partition coefficient (Wildman–Crippen LogP) is 3.21. The summed E-state index contributed by atoms with van der Waals surface area (Å²) in [5.74, 6) is -0.446. The summed E-state index contributed by atoms with van der Waals surface area (Å²) in [6.45, 7) is 8.17. The van der Waals surface area contributed by atoms with Crippen LogP contribution in [-0.4, -0.2) is 72.1 Å². The molecule has 2 aliphatic heterocycles. The van der Waals surface area contributed by atoms with E-state index in [9.17, 15) is 14.7 Å². The first-order valence-corrected chi connectivity index (χ1v) is 11.3. The molecule has 0 radical (unpaired) electrons. The van der Waals surface area contributed by atoms with E-state index < -0.39 is 17.7 Å². The molecule has 0 saturated carbocycles. The average Bonchev–Trinajstić information content (AvgIpc) is 3.42. The zero-order valence-corrected chi connectivity index (χ0v) is 19.0. The van der Waals surface area contributed by atoms with E-state index >= 15 is 0 Å². The first-order chi connectivity index (χ1) is 16.0. The first kappa shape index (κ1) is 23.1. The molecule has 33 heavy (non-hydrogen) atoms. The molecule has 1 N–H and O–H groups in total. The van der Waals surface area contributed by atoms with Crippen molar-refractivity contribution in [2.24, 2.45) is 0 Å². The number of hydrogen-bond acceptors (Lipinski definition) is 7. The number of ether oxygens (including phenoxy) is 2. The van der Waals surface area contributed by atoms with Crippen molar-refractivity contribution in [2.75, 3.05) is 39.4 Å². The molecule has 8 heteroatoms. The minimum atomic E-state index is -0.767. The van der Waals surface area contributed by atoms with Gasteiger partial charge in [0.2, 0.25) is 0 Å². The van der Waals surface area contributed by atoms with Gasteiger partial charge in [-0.05, 0) is 56.7 Å². The number of aliphatic hydroxyl groups is 1. The zero-order valence-electron chi connectivity index (χ0n) is 19.0. The topological polar surface area (TPSA) is 92.5 Å². The van der Waals surface area contributed by atoms with Crippen LogP contribution in [0.1, 0.15) is 37.6 Å². The average molecular weight is 455 g/mol. The van der Waals surface area contributed by atoms with Gasteiger partial charge in [-0.3, -0.25) is 14.5 Å². The molecule has 0 aliphatic carbocycles. The normalized spacial score (nSPS) is 21.2. The highest BCUT2D eigenvalue weighted by Crippen LogP contribution is 2.39. The van der Waals surface area contributed by atoms with E-state index in [1.54, 1.807) is 36.4 Å². The first-order valence-electron chi connectivity index (χ1n) is 11.3. The van der Waals surface area contributed by atoms with Crippen LogP contribution in [0.5, 0.6) is 5.75 Å². The maximum absolute atomic E-state index is 13.0. The number of furan rings is 1. The molecular formula is C25H30N2O6. The van der Waals surface area contributed by atoms with Crippen molar-refractivity contribution >= 4 is 17.4 Å². The van der Waals surface area contributed by atoms with Crippen molar-refractivity contribution in [3.8, 4) is 5.75 Å². The number of nitrogens with zero attached hydrogens (tertiary/aromatic N) is 2. The highest BCUT2D eigenvalue weighted by Gasteiger charge is 2.47. The van der Waals surface area contributed by atoms with Gasteiger partial charge in [0.25, 0.3) is 11.7 Å². The van der Waals surface area contributed by atoms with Crippen molar-refractivity contribution in [3.05, 3.63) is 59.6 Å². The van der Waals surface area contributed by atoms with Gasteiger partial charge in [-0.1, -0.05) is 0 Å². The molecule has 4 rings (SSSR count). The van der Waals surface area contributed by atoms with Crippen molar-refractivity contribution < 1.29 is 28.6 Å². The lowest BCUT2D eigenvalue weighted by molar-refractivity contribution is -0.140. The standard InChI is InChI=1S/C25H30N2O6/c1-17(2)33-19-8-6-18(7-9-19)23(28)21-22(20-5-3-14-32-20)27(25(30)24(21)29)11-4-10-26-12-15-31-16-13-26/h3,5-9,14,17,22,28H,4,10-13,15-16H2,1-2H3/b23-21+/t22-/m0/s1. The number of benzene rings is 1. The predicted molar refractivity (Wildman–Crippen MR) is 122 cm³/mol. The number of carbonyl (C=O) groups is 2. The quantitative estimate of drug-likeness (QED) is 0.372. The number of carbonyl (C=O) groups excluding carboxylic acids is 2. The second-order valence-corrected chi connectivity index (χ2v) is 8.51. The highest BCUT2D eigenvalue weighted by atomic mass is 16.5. The highest BCUT2D eigenvalue weighted by molar-refractivity contribution is 6.46. The van der Waals surface area contributed by atoms with Crippen LogP contribution in [0.2, 0.25) is 0 Å². The van der Waals surface area contributed by atoms with E-state index in [-0.39, 0.29) is 17.4 Å². The molecule has 3 heterocycles. The summed E-state index contributed by atoms with van der Waals surface area (Å²) in [7, 11) is 0. The maximum Gasteiger partial charge on any atom is 0.295 e. The van der Waals surface area contributed by atoms with E-state index in [4.69, 9.17) is 13.9 Å². The molecule has 0 spiro atoms. The van der Waals surface area contributed by atoms with Gasteiger partial charge < -0.3 is 23.9 Å². The van der Waals surface area contributed by atoms with Gasteiger partial charge in [0.15, 0.2) is 0 Å². The van der Waals surface area contributed by atoms with Gasteiger partial charge >= 0.3 is 0 Å². The van der Waals surface area contributed by atoms with Gasteiger partial charge in [0, 0.05) is 31.7 Å². The third-order valence-corrected chi connectivity index (χ3v) is 5.83. The van der Waals surface area contributed by atoms with Crippen LogP contribution in [0.4, 0.5) is 0 Å². The summed E-state index contributed by atoms with van der Waals surface area (Å²) in [4.78, 5) is 29.7. The minimum absolute atomic E-state index is 0.0196. The number of hydrogen-bond donors (Lipinski definition) is 1. The molecular weight excluding hydrogens is 424 g/mol. The van der Waals surface area contributed by atoms with Crippen molar-refractivity contribution in [1.82, 2.24) is 9.80 Å². The number of Topliss-reactive ketones (excluding diaryl/α,β-unsaturated/α-hetero) is 1. The third kappa shape index (κ3) is 5.12. The van der Waals surface area contributed by atoms with Gasteiger partial charge in [-0.25, -0.2) is 0 Å². The molecule has 1 aromatic carbocycles. The summed E-state index contributed by atoms with van der Waals surface area (Å²) in [5.41, 5.74) is 0.479.